The second kappa shape index (κ2) is 12.3. The van der Waals surface area contributed by atoms with Crippen molar-refractivity contribution in [3.05, 3.63) is 92.9 Å². The van der Waals surface area contributed by atoms with Crippen LogP contribution in [0.25, 0.3) is 12.2 Å². The van der Waals surface area contributed by atoms with Crippen molar-refractivity contribution in [3.63, 3.8) is 0 Å². The van der Waals surface area contributed by atoms with E-state index in [-0.39, 0.29) is 72.5 Å². The maximum Gasteiger partial charge on any atom is 0.296 e. The molecule has 1 aliphatic rings. The summed E-state index contributed by atoms with van der Waals surface area (Å²) in [5, 5.41) is 2.54. The summed E-state index contributed by atoms with van der Waals surface area (Å²) >= 11 is 0. The van der Waals surface area contributed by atoms with Gasteiger partial charge in [-0.15, -0.1) is 0 Å². The Balaban J connectivity index is 1.94. The quantitative estimate of drug-likeness (QED) is 0.135. The zero-order chi connectivity index (χ0) is 36.4. The summed E-state index contributed by atoms with van der Waals surface area (Å²) in [6.07, 6.45) is 0.388. The Kier molecular flexibility index (Phi) is 9.09. The van der Waals surface area contributed by atoms with Crippen LogP contribution < -0.4 is 20.5 Å². The highest BCUT2D eigenvalue weighted by Gasteiger charge is 2.31. The maximum atomic E-state index is 12.9. The molecule has 4 aromatic carbocycles. The second-order valence-electron chi connectivity index (χ2n) is 11.0. The van der Waals surface area contributed by atoms with Crippen LogP contribution in [-0.4, -0.2) is 51.9 Å². The normalized spacial score (nSPS) is 13.4. The van der Waals surface area contributed by atoms with Crippen LogP contribution in [-0.2, 0) is 53.3 Å². The van der Waals surface area contributed by atoms with Crippen LogP contribution in [0.2, 0.25) is 0 Å². The van der Waals surface area contributed by atoms with Gasteiger partial charge in [0.05, 0.1) is 5.69 Å². The third-order valence-corrected chi connectivity index (χ3v) is 11.7. The third kappa shape index (κ3) is 6.73. The highest BCUT2D eigenvalue weighted by molar-refractivity contribution is 7.86. The van der Waals surface area contributed by atoms with E-state index in [9.17, 15) is 51.9 Å². The fourth-order valence-electron chi connectivity index (χ4n) is 5.93. The van der Waals surface area contributed by atoms with Crippen molar-refractivity contribution >= 4 is 64.0 Å². The number of aryl methyl sites for hydroxylation is 2. The molecule has 5 rings (SSSR count). The van der Waals surface area contributed by atoms with Gasteiger partial charge in [0.15, 0.2) is 0 Å². The van der Waals surface area contributed by atoms with Gasteiger partial charge in [0.2, 0.25) is 0 Å². The topological polar surface area (TPSA) is 239 Å². The SMILES string of the molecule is C=c1cc2c(cc1S(=O)(=O)O)=C(c1ccccc1S(=O)(=O)O)c1cc(S(=O)(=O)O)c(Nc3c(CC)cc(C)c(S(=O)(=O)O)c3CC)cc1O2. The summed E-state index contributed by atoms with van der Waals surface area (Å²) in [7, 11) is -19.7. The molecular weight excluding hydrogens is 723 g/mol. The highest BCUT2D eigenvalue weighted by atomic mass is 32.2. The molecule has 1 aliphatic heterocycles. The van der Waals surface area contributed by atoms with E-state index in [4.69, 9.17) is 4.74 Å². The molecule has 0 amide bonds. The minimum absolute atomic E-state index is 0.0644. The lowest BCUT2D eigenvalue weighted by atomic mass is 9.92. The zero-order valence-electron chi connectivity index (χ0n) is 25.9. The molecule has 49 heavy (non-hydrogen) atoms. The molecule has 0 unspecified atom stereocenters. The predicted octanol–water partition coefficient (Wildman–Crippen LogP) is 3.61. The highest BCUT2D eigenvalue weighted by Crippen LogP contribution is 2.44. The molecule has 1 heterocycles. The fourth-order valence-corrected chi connectivity index (χ4v) is 8.97. The monoisotopic (exact) mass is 751 g/mol. The first-order valence-electron chi connectivity index (χ1n) is 14.2. The Hall–Kier alpha value is -4.14. The molecule has 0 fully saturated rings. The van der Waals surface area contributed by atoms with Crippen LogP contribution in [0.4, 0.5) is 11.4 Å². The molecule has 18 heteroatoms. The number of nitrogens with one attached hydrogen (secondary N) is 1. The Labute approximate surface area is 282 Å². The van der Waals surface area contributed by atoms with E-state index in [2.05, 4.69) is 11.9 Å². The van der Waals surface area contributed by atoms with E-state index in [0.29, 0.717) is 12.0 Å². The van der Waals surface area contributed by atoms with E-state index in [0.717, 1.165) is 30.3 Å². The van der Waals surface area contributed by atoms with E-state index in [1.165, 1.54) is 31.2 Å². The molecular formula is C31H29NO13S4. The molecule has 0 aliphatic carbocycles. The van der Waals surface area contributed by atoms with Gasteiger partial charge >= 0.3 is 0 Å². The van der Waals surface area contributed by atoms with Gasteiger partial charge in [0.25, 0.3) is 40.5 Å². The number of anilines is 2. The number of benzene rings is 4. The van der Waals surface area contributed by atoms with Crippen molar-refractivity contribution in [2.75, 3.05) is 5.32 Å². The fraction of sp³-hybridized carbons (Fsp3) is 0.161. The van der Waals surface area contributed by atoms with Gasteiger partial charge in [-0.25, -0.2) is 0 Å². The molecule has 4 aromatic rings. The first-order chi connectivity index (χ1) is 22.6. The van der Waals surface area contributed by atoms with Crippen LogP contribution >= 0.6 is 0 Å². The van der Waals surface area contributed by atoms with Crippen LogP contribution in [0.15, 0.2) is 74.2 Å². The van der Waals surface area contributed by atoms with Gasteiger partial charge < -0.3 is 10.1 Å². The molecule has 0 bridgehead atoms. The summed E-state index contributed by atoms with van der Waals surface area (Å²) in [6.45, 7) is 8.51. The van der Waals surface area contributed by atoms with Crippen LogP contribution in [0.3, 0.4) is 0 Å². The molecule has 0 saturated carbocycles. The Morgan fingerprint density at radius 3 is 1.86 bits per heavy atom. The summed E-state index contributed by atoms with van der Waals surface area (Å²) in [5.74, 6) is -0.261. The second-order valence-corrected chi connectivity index (χ2v) is 16.6. The molecule has 0 saturated heterocycles. The predicted molar refractivity (Wildman–Crippen MR) is 178 cm³/mol. The van der Waals surface area contributed by atoms with Crippen LogP contribution in [0.5, 0.6) is 11.5 Å². The Morgan fingerprint density at radius 1 is 0.694 bits per heavy atom. The molecule has 5 N–H and O–H groups in total. The molecule has 260 valence electrons. The average Bonchev–Trinajstić information content (AvgIpc) is 2.97. The van der Waals surface area contributed by atoms with Gasteiger partial charge in [-0.1, -0.05) is 44.7 Å². The zero-order valence-corrected chi connectivity index (χ0v) is 29.2. The lowest BCUT2D eigenvalue weighted by Crippen LogP contribution is -2.25. The van der Waals surface area contributed by atoms with E-state index in [1.54, 1.807) is 13.8 Å². The van der Waals surface area contributed by atoms with E-state index < -0.39 is 55.2 Å². The minimum Gasteiger partial charge on any atom is -0.456 e. The van der Waals surface area contributed by atoms with Gasteiger partial charge in [0.1, 0.15) is 31.1 Å². The molecule has 0 aromatic heterocycles. The standard InChI is InChI=1S/C31H29NO13S4/c1-5-18-11-17(4)31(49(42,43)44)19(6-2)30(18)32-23-15-25-22(14-28(23)48(39,40)41)29(20-9-7-8-10-26(20)46(33,34)35)21-13-27(47(36,37)38)16(3)12-24(21)45-25/h7-15,32H,3,5-6H2,1-2,4H3,(H,33,34,35)(H,36,37,38)(H,39,40,41)(H,42,43,44). The number of ether oxygens (including phenoxy) is 1. The van der Waals surface area contributed by atoms with Crippen molar-refractivity contribution < 1.29 is 56.6 Å². The number of rotatable bonds is 9. The smallest absolute Gasteiger partial charge is 0.296 e. The first-order valence-corrected chi connectivity index (χ1v) is 20.0. The molecule has 0 atom stereocenters. The van der Waals surface area contributed by atoms with Crippen molar-refractivity contribution in [1.82, 2.24) is 0 Å². The lowest BCUT2D eigenvalue weighted by Gasteiger charge is -2.25. The Morgan fingerprint density at radius 2 is 1.31 bits per heavy atom. The number of fused-ring (bicyclic) bond motifs is 2. The Bertz CT molecular complexity index is 2650. The van der Waals surface area contributed by atoms with Gasteiger partial charge in [0, 0.05) is 33.7 Å². The molecule has 14 nitrogen and oxygen atoms in total. The first kappa shape index (κ1) is 36.1. The third-order valence-electron chi connectivity index (χ3n) is 7.89. The van der Waals surface area contributed by atoms with Crippen molar-refractivity contribution in [2.45, 2.75) is 53.2 Å². The summed E-state index contributed by atoms with van der Waals surface area (Å²) in [6, 6.07) is 10.7. The molecule has 0 spiro atoms. The average molecular weight is 752 g/mol. The van der Waals surface area contributed by atoms with Gasteiger partial charge in [-0.2, -0.15) is 33.7 Å². The minimum atomic E-state index is -5.15. The van der Waals surface area contributed by atoms with Gasteiger partial charge in [-0.05, 0) is 65.9 Å². The van der Waals surface area contributed by atoms with Crippen LogP contribution in [0, 0.1) is 6.92 Å². The number of hydrogen-bond acceptors (Lipinski definition) is 10. The summed E-state index contributed by atoms with van der Waals surface area (Å²) < 4.78 is 147. The largest absolute Gasteiger partial charge is 0.456 e. The summed E-state index contributed by atoms with van der Waals surface area (Å²) in [4.78, 5) is -2.51. The van der Waals surface area contributed by atoms with Crippen molar-refractivity contribution in [2.24, 2.45) is 0 Å². The van der Waals surface area contributed by atoms with Crippen LogP contribution in [0.1, 0.15) is 41.7 Å². The molecule has 0 radical (unpaired) electrons. The number of hydrogen-bond donors (Lipinski definition) is 5. The van der Waals surface area contributed by atoms with E-state index in [1.807, 2.05) is 0 Å². The van der Waals surface area contributed by atoms with E-state index >= 15 is 0 Å². The van der Waals surface area contributed by atoms with Crippen molar-refractivity contribution in [3.8, 4) is 11.5 Å². The lowest BCUT2D eigenvalue weighted by molar-refractivity contribution is 0.466. The summed E-state index contributed by atoms with van der Waals surface area (Å²) in [5.41, 5.74) is 0.126. The van der Waals surface area contributed by atoms with Crippen molar-refractivity contribution in [1.29, 1.82) is 0 Å². The van der Waals surface area contributed by atoms with Gasteiger partial charge in [-0.3, -0.25) is 18.2 Å². The maximum absolute atomic E-state index is 12.9.